The van der Waals surface area contributed by atoms with Gasteiger partial charge in [0.25, 0.3) is 0 Å². The predicted octanol–water partition coefficient (Wildman–Crippen LogP) is 1.37. The summed E-state index contributed by atoms with van der Waals surface area (Å²) in [5.74, 6) is -1.13. The van der Waals surface area contributed by atoms with Crippen molar-refractivity contribution >= 4 is 15.7 Å². The number of aliphatic hydroxyl groups is 1. The summed E-state index contributed by atoms with van der Waals surface area (Å²) in [4.78, 5) is 12.5. The molecule has 0 radical (unpaired) electrons. The summed E-state index contributed by atoms with van der Waals surface area (Å²) in [5.41, 5.74) is 2.37. The molecule has 152 valence electrons. The monoisotopic (exact) mass is 396 g/mol. The van der Waals surface area contributed by atoms with Crippen LogP contribution in [0.1, 0.15) is 45.2 Å². The lowest BCUT2D eigenvalue weighted by molar-refractivity contribution is -0.125. The molecule has 0 spiro atoms. The first-order valence-electron chi connectivity index (χ1n) is 9.50. The van der Waals surface area contributed by atoms with Crippen LogP contribution in [0.4, 0.5) is 0 Å². The highest BCUT2D eigenvalue weighted by Gasteiger charge is 2.41. The fraction of sp³-hybridized carbons (Fsp3) is 0.650. The fourth-order valence-electron chi connectivity index (χ4n) is 3.26. The van der Waals surface area contributed by atoms with E-state index in [2.05, 4.69) is 43.5 Å². The van der Waals surface area contributed by atoms with Crippen molar-refractivity contribution in [3.63, 3.8) is 0 Å². The molecule has 6 nitrogen and oxygen atoms in total. The molecule has 0 aromatic heterocycles. The molecule has 0 aliphatic carbocycles. The molecule has 0 unspecified atom stereocenters. The average Bonchev–Trinajstić information content (AvgIpc) is 2.92. The molecule has 1 saturated heterocycles. The molecule has 0 bridgehead atoms. The van der Waals surface area contributed by atoms with Crippen molar-refractivity contribution in [2.75, 3.05) is 18.1 Å². The second-order valence-electron chi connectivity index (χ2n) is 8.41. The zero-order valence-corrected chi connectivity index (χ0v) is 17.5. The van der Waals surface area contributed by atoms with Crippen LogP contribution in [0.2, 0.25) is 0 Å². The molecule has 3 atom stereocenters. The second-order valence-corrected chi connectivity index (χ2v) is 10.6. The third-order valence-electron chi connectivity index (χ3n) is 5.14. The van der Waals surface area contributed by atoms with Crippen LogP contribution in [0, 0.1) is 5.92 Å². The number of hydrogen-bond acceptors (Lipinski definition) is 5. The maximum absolute atomic E-state index is 12.5. The highest BCUT2D eigenvalue weighted by Crippen LogP contribution is 2.23. The molecule has 1 fully saturated rings. The molecular weight excluding hydrogens is 364 g/mol. The highest BCUT2D eigenvalue weighted by atomic mass is 32.2. The Morgan fingerprint density at radius 3 is 2.37 bits per heavy atom. The van der Waals surface area contributed by atoms with Crippen LogP contribution in [0.5, 0.6) is 0 Å². The zero-order chi connectivity index (χ0) is 20.2. The van der Waals surface area contributed by atoms with E-state index < -0.39 is 21.8 Å². The van der Waals surface area contributed by atoms with Crippen molar-refractivity contribution in [1.29, 1.82) is 0 Å². The van der Waals surface area contributed by atoms with E-state index in [1.165, 1.54) is 5.56 Å². The van der Waals surface area contributed by atoms with Gasteiger partial charge in [-0.1, -0.05) is 52.0 Å². The number of hydrogen-bond donors (Lipinski definition) is 3. The molecule has 1 heterocycles. The maximum atomic E-state index is 12.5. The standard InChI is InChI=1S/C20H32N2O4S/c1-5-16(11-23)22-19(24)17-12-27(25,26)13-18(17)21-10-14-6-8-15(9-7-14)20(2,3)4/h6-9,16-18,21,23H,5,10-13H2,1-4H3,(H,22,24)/t16-,17+,18+/m0/s1. The molecule has 1 amide bonds. The van der Waals surface area contributed by atoms with Gasteiger partial charge in [-0.3, -0.25) is 4.79 Å². The lowest BCUT2D eigenvalue weighted by Gasteiger charge is -2.22. The molecule has 27 heavy (non-hydrogen) atoms. The molecule has 1 aliphatic heterocycles. The fourth-order valence-corrected chi connectivity index (χ4v) is 5.23. The van der Waals surface area contributed by atoms with Crippen LogP contribution in [0.15, 0.2) is 24.3 Å². The first kappa shape index (κ1) is 21.9. The average molecular weight is 397 g/mol. The van der Waals surface area contributed by atoms with Gasteiger partial charge in [-0.15, -0.1) is 0 Å². The molecular formula is C20H32N2O4S. The molecule has 1 aromatic carbocycles. The van der Waals surface area contributed by atoms with Crippen molar-refractivity contribution < 1.29 is 18.3 Å². The van der Waals surface area contributed by atoms with Crippen LogP contribution >= 0.6 is 0 Å². The predicted molar refractivity (Wildman–Crippen MR) is 107 cm³/mol. The Labute approximate surface area is 162 Å². The second kappa shape index (κ2) is 8.71. The summed E-state index contributed by atoms with van der Waals surface area (Å²) in [6, 6.07) is 7.47. The van der Waals surface area contributed by atoms with Gasteiger partial charge < -0.3 is 15.7 Å². The van der Waals surface area contributed by atoms with Crippen LogP contribution in [0.3, 0.4) is 0 Å². The molecule has 2 rings (SSSR count). The van der Waals surface area contributed by atoms with Crippen molar-refractivity contribution in [1.82, 2.24) is 10.6 Å². The Hall–Kier alpha value is -1.44. The van der Waals surface area contributed by atoms with Crippen LogP contribution in [-0.4, -0.2) is 49.6 Å². The summed E-state index contributed by atoms with van der Waals surface area (Å²) >= 11 is 0. The van der Waals surface area contributed by atoms with E-state index in [4.69, 9.17) is 0 Å². The topological polar surface area (TPSA) is 95.5 Å². The van der Waals surface area contributed by atoms with Gasteiger partial charge in [0.1, 0.15) is 0 Å². The van der Waals surface area contributed by atoms with Gasteiger partial charge in [-0.2, -0.15) is 0 Å². The SMILES string of the molecule is CC[C@@H](CO)NC(=O)[C@@H]1CS(=O)(=O)C[C@H]1NCc1ccc(C(C)(C)C)cc1. The molecule has 3 N–H and O–H groups in total. The summed E-state index contributed by atoms with van der Waals surface area (Å²) in [7, 11) is -3.26. The lowest BCUT2D eigenvalue weighted by Crippen LogP contribution is -2.47. The van der Waals surface area contributed by atoms with Gasteiger partial charge in [0.2, 0.25) is 5.91 Å². The number of carbonyl (C=O) groups excluding carboxylic acids is 1. The summed E-state index contributed by atoms with van der Waals surface area (Å²) in [6.07, 6.45) is 0.597. The number of rotatable bonds is 7. The number of aliphatic hydroxyl groups excluding tert-OH is 1. The van der Waals surface area contributed by atoms with E-state index in [1.807, 2.05) is 19.1 Å². The minimum absolute atomic E-state index is 0.0406. The summed E-state index contributed by atoms with van der Waals surface area (Å²) in [6.45, 7) is 8.68. The number of benzene rings is 1. The van der Waals surface area contributed by atoms with E-state index in [0.29, 0.717) is 13.0 Å². The quantitative estimate of drug-likeness (QED) is 0.647. The number of amides is 1. The van der Waals surface area contributed by atoms with Gasteiger partial charge >= 0.3 is 0 Å². The normalized spacial score (nSPS) is 23.1. The molecule has 1 aliphatic rings. The zero-order valence-electron chi connectivity index (χ0n) is 16.7. The largest absolute Gasteiger partial charge is 0.394 e. The Kier molecular flexibility index (Phi) is 7.05. The Morgan fingerprint density at radius 1 is 1.22 bits per heavy atom. The minimum atomic E-state index is -3.26. The maximum Gasteiger partial charge on any atom is 0.226 e. The van der Waals surface area contributed by atoms with E-state index in [0.717, 1.165) is 5.56 Å². The van der Waals surface area contributed by atoms with E-state index in [9.17, 15) is 18.3 Å². The van der Waals surface area contributed by atoms with Crippen LogP contribution in [-0.2, 0) is 26.6 Å². The Morgan fingerprint density at radius 2 is 1.85 bits per heavy atom. The van der Waals surface area contributed by atoms with Gasteiger partial charge in [-0.25, -0.2) is 8.42 Å². The lowest BCUT2D eigenvalue weighted by atomic mass is 9.87. The van der Waals surface area contributed by atoms with Crippen molar-refractivity contribution in [2.45, 2.75) is 58.2 Å². The van der Waals surface area contributed by atoms with Crippen molar-refractivity contribution in [2.24, 2.45) is 5.92 Å². The van der Waals surface area contributed by atoms with Crippen LogP contribution in [0.25, 0.3) is 0 Å². The number of carbonyl (C=O) groups is 1. The minimum Gasteiger partial charge on any atom is -0.394 e. The van der Waals surface area contributed by atoms with E-state index in [1.54, 1.807) is 0 Å². The van der Waals surface area contributed by atoms with Crippen molar-refractivity contribution in [3.8, 4) is 0 Å². The van der Waals surface area contributed by atoms with E-state index in [-0.39, 0.29) is 35.5 Å². The number of sulfone groups is 1. The summed E-state index contributed by atoms with van der Waals surface area (Å²) < 4.78 is 24.2. The molecule has 7 heteroatoms. The van der Waals surface area contributed by atoms with Gasteiger partial charge in [0, 0.05) is 12.6 Å². The molecule has 0 saturated carbocycles. The first-order chi connectivity index (χ1) is 12.6. The summed E-state index contributed by atoms with van der Waals surface area (Å²) in [5, 5.41) is 15.3. The van der Waals surface area contributed by atoms with Gasteiger partial charge in [-0.05, 0) is 23.0 Å². The van der Waals surface area contributed by atoms with Crippen LogP contribution < -0.4 is 10.6 Å². The third kappa shape index (κ3) is 6.02. The third-order valence-corrected chi connectivity index (χ3v) is 6.87. The van der Waals surface area contributed by atoms with Crippen molar-refractivity contribution in [3.05, 3.63) is 35.4 Å². The van der Waals surface area contributed by atoms with Gasteiger partial charge in [0.05, 0.1) is 30.1 Å². The van der Waals surface area contributed by atoms with Gasteiger partial charge in [0.15, 0.2) is 9.84 Å². The number of nitrogens with one attached hydrogen (secondary N) is 2. The Bertz CT molecular complexity index is 734. The smallest absolute Gasteiger partial charge is 0.226 e. The Balaban J connectivity index is 2.03. The first-order valence-corrected chi connectivity index (χ1v) is 11.3. The van der Waals surface area contributed by atoms with E-state index >= 15 is 0 Å². The highest BCUT2D eigenvalue weighted by molar-refractivity contribution is 7.91. The molecule has 1 aromatic rings.